The lowest BCUT2D eigenvalue weighted by atomic mass is 10.1. The van der Waals surface area contributed by atoms with Crippen molar-refractivity contribution in [2.45, 2.75) is 32.6 Å². The van der Waals surface area contributed by atoms with Crippen LogP contribution in [0.5, 0.6) is 11.5 Å². The first-order valence-electron chi connectivity index (χ1n) is 9.90. The van der Waals surface area contributed by atoms with E-state index in [2.05, 4.69) is 49.2 Å². The third-order valence-electron chi connectivity index (χ3n) is 4.99. The Morgan fingerprint density at radius 2 is 2.00 bits per heavy atom. The van der Waals surface area contributed by atoms with E-state index < -0.39 is 0 Å². The van der Waals surface area contributed by atoms with Crippen LogP contribution >= 0.6 is 15.9 Å². The van der Waals surface area contributed by atoms with Crippen LogP contribution in [0.2, 0.25) is 0 Å². The van der Waals surface area contributed by atoms with Gasteiger partial charge in [-0.15, -0.1) is 0 Å². The zero-order valence-corrected chi connectivity index (χ0v) is 18.3. The smallest absolute Gasteiger partial charge is 0.255 e. The Bertz CT molecular complexity index is 1100. The van der Waals surface area contributed by atoms with Crippen LogP contribution in [-0.4, -0.2) is 28.3 Å². The lowest BCUT2D eigenvalue weighted by molar-refractivity contribution is 0.174. The van der Waals surface area contributed by atoms with Gasteiger partial charge >= 0.3 is 0 Å². The molecule has 3 aromatic rings. The van der Waals surface area contributed by atoms with Crippen molar-refractivity contribution in [1.82, 2.24) is 15.0 Å². The molecule has 2 N–H and O–H groups in total. The summed E-state index contributed by atoms with van der Waals surface area (Å²) in [6.45, 7) is 3.05. The second-order valence-corrected chi connectivity index (χ2v) is 8.17. The lowest BCUT2D eigenvalue weighted by Gasteiger charge is -2.08. The maximum Gasteiger partial charge on any atom is 0.255 e. The van der Waals surface area contributed by atoms with E-state index in [1.54, 1.807) is 6.20 Å². The summed E-state index contributed by atoms with van der Waals surface area (Å²) in [5, 5.41) is 3.19. The van der Waals surface area contributed by atoms with Crippen molar-refractivity contribution < 1.29 is 9.47 Å². The molecule has 0 saturated heterocycles. The van der Waals surface area contributed by atoms with Crippen LogP contribution in [0.15, 0.2) is 45.9 Å². The van der Waals surface area contributed by atoms with Gasteiger partial charge in [0.25, 0.3) is 5.56 Å². The van der Waals surface area contributed by atoms with Gasteiger partial charge in [-0.3, -0.25) is 14.8 Å². The van der Waals surface area contributed by atoms with Gasteiger partial charge in [-0.2, -0.15) is 0 Å². The van der Waals surface area contributed by atoms with Crippen LogP contribution in [0, 0.1) is 6.92 Å². The molecule has 2 aromatic heterocycles. The van der Waals surface area contributed by atoms with Crippen molar-refractivity contribution in [3.05, 3.63) is 73.9 Å². The maximum atomic E-state index is 12.4. The minimum atomic E-state index is -0.139. The minimum Gasteiger partial charge on any atom is -0.454 e. The lowest BCUT2D eigenvalue weighted by Crippen LogP contribution is -2.17. The van der Waals surface area contributed by atoms with E-state index in [1.807, 2.05) is 24.4 Å². The number of anilines is 1. The molecule has 0 fully saturated rings. The quantitative estimate of drug-likeness (QED) is 0.483. The fraction of sp³-hybridized carbons (Fsp3) is 0.318. The number of aromatic amines is 1. The average Bonchev–Trinajstić information content (AvgIpc) is 3.19. The SMILES string of the molecule is Cc1cc(Br)cnc1CCCCNc1ncc(Cc2ccc3c(c2)OCO3)c(=O)[nH]1. The first kappa shape index (κ1) is 20.4. The predicted molar refractivity (Wildman–Crippen MR) is 118 cm³/mol. The third kappa shape index (κ3) is 4.99. The summed E-state index contributed by atoms with van der Waals surface area (Å²) in [7, 11) is 0. The number of hydrogen-bond acceptors (Lipinski definition) is 6. The van der Waals surface area contributed by atoms with E-state index >= 15 is 0 Å². The fourth-order valence-electron chi connectivity index (χ4n) is 3.36. The number of aryl methyl sites for hydroxylation is 2. The monoisotopic (exact) mass is 470 g/mol. The van der Waals surface area contributed by atoms with Gasteiger partial charge in [-0.05, 0) is 71.4 Å². The fourth-order valence-corrected chi connectivity index (χ4v) is 3.81. The highest BCUT2D eigenvalue weighted by Crippen LogP contribution is 2.32. The summed E-state index contributed by atoms with van der Waals surface area (Å²) in [4.78, 5) is 24.0. The van der Waals surface area contributed by atoms with Crippen molar-refractivity contribution in [3.8, 4) is 11.5 Å². The molecule has 3 heterocycles. The first-order chi connectivity index (χ1) is 14.6. The first-order valence-corrected chi connectivity index (χ1v) is 10.7. The summed E-state index contributed by atoms with van der Waals surface area (Å²) in [5.41, 5.74) is 3.76. The number of fused-ring (bicyclic) bond motifs is 1. The molecule has 0 atom stereocenters. The third-order valence-corrected chi connectivity index (χ3v) is 5.42. The number of pyridine rings is 1. The van der Waals surface area contributed by atoms with E-state index in [9.17, 15) is 4.79 Å². The summed E-state index contributed by atoms with van der Waals surface area (Å²) < 4.78 is 11.7. The minimum absolute atomic E-state index is 0.139. The molecule has 8 heteroatoms. The van der Waals surface area contributed by atoms with Gasteiger partial charge in [-0.25, -0.2) is 4.98 Å². The number of benzene rings is 1. The van der Waals surface area contributed by atoms with Crippen molar-refractivity contribution in [3.63, 3.8) is 0 Å². The number of rotatable bonds is 8. The highest BCUT2D eigenvalue weighted by atomic mass is 79.9. The van der Waals surface area contributed by atoms with Crippen LogP contribution < -0.4 is 20.3 Å². The predicted octanol–water partition coefficient (Wildman–Crippen LogP) is 3.99. The summed E-state index contributed by atoms with van der Waals surface area (Å²) >= 11 is 3.44. The molecule has 0 aliphatic carbocycles. The Balaban J connectivity index is 1.26. The Hall–Kier alpha value is -2.87. The molecule has 0 spiro atoms. The number of aromatic nitrogens is 3. The number of nitrogens with one attached hydrogen (secondary N) is 2. The molecule has 156 valence electrons. The maximum absolute atomic E-state index is 12.4. The standard InChI is InChI=1S/C22H23BrN4O3/c1-14-8-17(23)12-25-18(14)4-2-3-7-24-22-26-11-16(21(28)27-22)9-15-5-6-19-20(10-15)30-13-29-19/h5-6,8,10-12H,2-4,7,9,13H2,1H3,(H2,24,26,27,28). The van der Waals surface area contributed by atoms with E-state index in [4.69, 9.17) is 9.47 Å². The summed E-state index contributed by atoms with van der Waals surface area (Å²) in [6, 6.07) is 7.78. The molecule has 1 aliphatic rings. The summed E-state index contributed by atoms with van der Waals surface area (Å²) in [6.07, 6.45) is 6.84. The Labute approximate surface area is 183 Å². The zero-order valence-electron chi connectivity index (χ0n) is 16.7. The van der Waals surface area contributed by atoms with Gasteiger partial charge in [0.05, 0.1) is 0 Å². The average molecular weight is 471 g/mol. The van der Waals surface area contributed by atoms with Gasteiger partial charge in [0.15, 0.2) is 11.5 Å². The number of halogens is 1. The second kappa shape index (κ2) is 9.30. The van der Waals surface area contributed by atoms with Crippen molar-refractivity contribution in [1.29, 1.82) is 0 Å². The van der Waals surface area contributed by atoms with Gasteiger partial charge < -0.3 is 14.8 Å². The molecule has 0 unspecified atom stereocenters. The molecule has 7 nitrogen and oxygen atoms in total. The molecule has 30 heavy (non-hydrogen) atoms. The molecule has 0 radical (unpaired) electrons. The molecule has 0 bridgehead atoms. The van der Waals surface area contributed by atoms with Crippen LogP contribution in [-0.2, 0) is 12.8 Å². The van der Waals surface area contributed by atoms with Crippen LogP contribution in [0.25, 0.3) is 0 Å². The van der Waals surface area contributed by atoms with Crippen LogP contribution in [0.3, 0.4) is 0 Å². The largest absolute Gasteiger partial charge is 0.454 e. The number of hydrogen-bond donors (Lipinski definition) is 2. The molecular formula is C22H23BrN4O3. The van der Waals surface area contributed by atoms with Gasteiger partial charge in [-0.1, -0.05) is 6.07 Å². The normalized spacial score (nSPS) is 12.2. The molecule has 4 rings (SSSR count). The highest BCUT2D eigenvalue weighted by molar-refractivity contribution is 9.10. The number of nitrogens with zero attached hydrogens (tertiary/aromatic N) is 2. The van der Waals surface area contributed by atoms with Gasteiger partial charge in [0.1, 0.15) is 0 Å². The van der Waals surface area contributed by atoms with Crippen molar-refractivity contribution in [2.75, 3.05) is 18.7 Å². The van der Waals surface area contributed by atoms with E-state index in [0.717, 1.165) is 47.3 Å². The molecule has 0 saturated carbocycles. The number of H-pyrrole nitrogens is 1. The van der Waals surface area contributed by atoms with E-state index in [1.165, 1.54) is 5.56 Å². The highest BCUT2D eigenvalue weighted by Gasteiger charge is 2.14. The van der Waals surface area contributed by atoms with Gasteiger partial charge in [0, 0.05) is 41.1 Å². The topological polar surface area (TPSA) is 89.1 Å². The van der Waals surface area contributed by atoms with Crippen LogP contribution in [0.4, 0.5) is 5.95 Å². The Kier molecular flexibility index (Phi) is 6.32. The summed E-state index contributed by atoms with van der Waals surface area (Å²) in [5.74, 6) is 1.94. The Morgan fingerprint density at radius 3 is 2.83 bits per heavy atom. The number of unbranched alkanes of at least 4 members (excludes halogenated alkanes) is 1. The van der Waals surface area contributed by atoms with Crippen LogP contribution in [0.1, 0.15) is 35.2 Å². The molecule has 1 aromatic carbocycles. The molecule has 0 amide bonds. The Morgan fingerprint density at radius 1 is 1.13 bits per heavy atom. The van der Waals surface area contributed by atoms with Crippen molar-refractivity contribution in [2.24, 2.45) is 0 Å². The zero-order chi connectivity index (χ0) is 20.9. The number of ether oxygens (including phenoxy) is 2. The van der Waals surface area contributed by atoms with Gasteiger partial charge in [0.2, 0.25) is 12.7 Å². The second-order valence-electron chi connectivity index (χ2n) is 7.25. The van der Waals surface area contributed by atoms with Crippen molar-refractivity contribution >= 4 is 21.9 Å². The van der Waals surface area contributed by atoms with E-state index in [0.29, 0.717) is 23.7 Å². The molecular weight excluding hydrogens is 448 g/mol. The molecule has 1 aliphatic heterocycles. The van der Waals surface area contributed by atoms with E-state index in [-0.39, 0.29) is 12.4 Å².